The van der Waals surface area contributed by atoms with Gasteiger partial charge in [0.05, 0.1) is 0 Å². The van der Waals surface area contributed by atoms with Crippen molar-refractivity contribution in [2.45, 2.75) is 46.8 Å². The third-order valence-electron chi connectivity index (χ3n) is 4.71. The Morgan fingerprint density at radius 3 is 2.38 bits per heavy atom. The molecule has 0 bridgehead atoms. The van der Waals surface area contributed by atoms with Crippen molar-refractivity contribution in [2.24, 2.45) is 0 Å². The summed E-state index contributed by atoms with van der Waals surface area (Å²) in [6, 6.07) is 16.8. The van der Waals surface area contributed by atoms with E-state index in [1.807, 2.05) is 18.2 Å². The van der Waals surface area contributed by atoms with Crippen molar-refractivity contribution < 1.29 is 4.79 Å². The van der Waals surface area contributed by atoms with Crippen LogP contribution >= 0.6 is 0 Å². The Bertz CT molecular complexity index is 710. The number of amides is 1. The molecule has 0 radical (unpaired) electrons. The molecular formula is C22H31N3O. The molecule has 1 atom stereocenters. The van der Waals surface area contributed by atoms with Gasteiger partial charge in [0.15, 0.2) is 0 Å². The summed E-state index contributed by atoms with van der Waals surface area (Å²) in [5, 5.41) is 6.46. The minimum atomic E-state index is -0.0481. The van der Waals surface area contributed by atoms with Crippen LogP contribution < -0.4 is 10.6 Å². The first-order valence-corrected chi connectivity index (χ1v) is 9.43. The summed E-state index contributed by atoms with van der Waals surface area (Å²) in [4.78, 5) is 13.7. The van der Waals surface area contributed by atoms with E-state index in [4.69, 9.17) is 0 Å². The lowest BCUT2D eigenvalue weighted by molar-refractivity contribution is -0.114. The normalized spacial score (nSPS) is 12.2. The first-order valence-electron chi connectivity index (χ1n) is 9.43. The molecule has 2 aromatic rings. The lowest BCUT2D eigenvalue weighted by Gasteiger charge is -2.21. The van der Waals surface area contributed by atoms with Crippen LogP contribution in [0.5, 0.6) is 0 Å². The predicted molar refractivity (Wildman–Crippen MR) is 109 cm³/mol. The molecule has 0 saturated carbocycles. The average Bonchev–Trinajstić information content (AvgIpc) is 2.64. The van der Waals surface area contributed by atoms with Gasteiger partial charge in [-0.25, -0.2) is 0 Å². The van der Waals surface area contributed by atoms with Crippen LogP contribution in [0.3, 0.4) is 0 Å². The van der Waals surface area contributed by atoms with Crippen LogP contribution in [0.2, 0.25) is 0 Å². The molecule has 2 rings (SSSR count). The van der Waals surface area contributed by atoms with E-state index in [2.05, 4.69) is 66.6 Å². The Morgan fingerprint density at radius 2 is 1.73 bits per heavy atom. The van der Waals surface area contributed by atoms with Gasteiger partial charge in [-0.3, -0.25) is 9.69 Å². The lowest BCUT2D eigenvalue weighted by atomic mass is 10.0. The SMILES string of the molecule is CCN(CC)Cc1ccccc1CNC(C)c1cccc(NC(C)=O)c1. The van der Waals surface area contributed by atoms with Gasteiger partial charge in [-0.2, -0.15) is 0 Å². The maximum Gasteiger partial charge on any atom is 0.221 e. The first-order chi connectivity index (χ1) is 12.5. The Hall–Kier alpha value is -2.17. The van der Waals surface area contributed by atoms with Crippen molar-refractivity contribution in [3.8, 4) is 0 Å². The Kier molecular flexibility index (Phi) is 7.82. The minimum absolute atomic E-state index is 0.0481. The molecule has 26 heavy (non-hydrogen) atoms. The van der Waals surface area contributed by atoms with Crippen molar-refractivity contribution in [1.29, 1.82) is 0 Å². The lowest BCUT2D eigenvalue weighted by Crippen LogP contribution is -2.24. The molecule has 0 aliphatic heterocycles. The summed E-state index contributed by atoms with van der Waals surface area (Å²) in [6.45, 7) is 12.0. The highest BCUT2D eigenvalue weighted by molar-refractivity contribution is 5.88. The quantitative estimate of drug-likeness (QED) is 0.705. The molecule has 1 unspecified atom stereocenters. The zero-order chi connectivity index (χ0) is 18.9. The van der Waals surface area contributed by atoms with Gasteiger partial charge in [0.2, 0.25) is 5.91 Å². The summed E-state index contributed by atoms with van der Waals surface area (Å²) in [5.41, 5.74) is 4.72. The molecule has 2 aromatic carbocycles. The molecule has 0 heterocycles. The van der Waals surface area contributed by atoms with Crippen LogP contribution in [0.15, 0.2) is 48.5 Å². The summed E-state index contributed by atoms with van der Waals surface area (Å²) in [6.07, 6.45) is 0. The van der Waals surface area contributed by atoms with Crippen LogP contribution in [0.1, 0.15) is 50.4 Å². The molecule has 0 saturated heterocycles. The van der Waals surface area contributed by atoms with E-state index in [1.54, 1.807) is 0 Å². The monoisotopic (exact) mass is 353 g/mol. The molecular weight excluding hydrogens is 322 g/mol. The predicted octanol–water partition coefficient (Wildman–Crippen LogP) is 4.34. The molecule has 4 nitrogen and oxygen atoms in total. The van der Waals surface area contributed by atoms with Gasteiger partial charge >= 0.3 is 0 Å². The van der Waals surface area contributed by atoms with Gasteiger partial charge in [0.25, 0.3) is 0 Å². The van der Waals surface area contributed by atoms with Crippen molar-refractivity contribution in [3.05, 3.63) is 65.2 Å². The van der Waals surface area contributed by atoms with Crippen LogP contribution in [0, 0.1) is 0 Å². The molecule has 2 N–H and O–H groups in total. The molecule has 140 valence electrons. The number of anilines is 1. The van der Waals surface area contributed by atoms with Gasteiger partial charge in [0, 0.05) is 31.7 Å². The molecule has 0 aliphatic rings. The van der Waals surface area contributed by atoms with Crippen molar-refractivity contribution in [2.75, 3.05) is 18.4 Å². The van der Waals surface area contributed by atoms with Gasteiger partial charge in [-0.15, -0.1) is 0 Å². The Morgan fingerprint density at radius 1 is 1.04 bits per heavy atom. The fourth-order valence-electron chi connectivity index (χ4n) is 3.04. The van der Waals surface area contributed by atoms with Crippen molar-refractivity contribution in [1.82, 2.24) is 10.2 Å². The fraction of sp³-hybridized carbons (Fsp3) is 0.409. The Labute approximate surface area is 157 Å². The third-order valence-corrected chi connectivity index (χ3v) is 4.71. The van der Waals surface area contributed by atoms with Gasteiger partial charge in [0.1, 0.15) is 0 Å². The second-order valence-electron chi connectivity index (χ2n) is 6.64. The highest BCUT2D eigenvalue weighted by Gasteiger charge is 2.09. The standard InChI is InChI=1S/C22H31N3O/c1-5-25(6-2)16-21-11-8-7-10-20(21)15-23-17(3)19-12-9-13-22(14-19)24-18(4)26/h7-14,17,23H,5-6,15-16H2,1-4H3,(H,24,26). The van der Waals surface area contributed by atoms with Crippen LogP contribution in [0.4, 0.5) is 5.69 Å². The highest BCUT2D eigenvalue weighted by atomic mass is 16.1. The number of rotatable bonds is 9. The Balaban J connectivity index is 2.03. The highest BCUT2D eigenvalue weighted by Crippen LogP contribution is 2.19. The van der Waals surface area contributed by atoms with E-state index < -0.39 is 0 Å². The zero-order valence-electron chi connectivity index (χ0n) is 16.4. The maximum absolute atomic E-state index is 11.2. The van der Waals surface area contributed by atoms with E-state index in [9.17, 15) is 4.79 Å². The molecule has 0 fully saturated rings. The molecule has 4 heteroatoms. The number of nitrogens with zero attached hydrogens (tertiary/aromatic N) is 1. The minimum Gasteiger partial charge on any atom is -0.326 e. The summed E-state index contributed by atoms with van der Waals surface area (Å²) < 4.78 is 0. The van der Waals surface area contributed by atoms with Crippen LogP contribution in [-0.4, -0.2) is 23.9 Å². The number of nitrogens with one attached hydrogen (secondary N) is 2. The van der Waals surface area contributed by atoms with Crippen molar-refractivity contribution in [3.63, 3.8) is 0 Å². The topological polar surface area (TPSA) is 44.4 Å². The number of carbonyl (C=O) groups excluding carboxylic acids is 1. The summed E-state index contributed by atoms with van der Waals surface area (Å²) in [5.74, 6) is -0.0481. The molecule has 0 spiro atoms. The second-order valence-corrected chi connectivity index (χ2v) is 6.64. The number of hydrogen-bond donors (Lipinski definition) is 2. The van der Waals surface area contributed by atoms with E-state index in [1.165, 1.54) is 18.1 Å². The smallest absolute Gasteiger partial charge is 0.221 e. The number of hydrogen-bond acceptors (Lipinski definition) is 3. The van der Waals surface area contributed by atoms with E-state index in [-0.39, 0.29) is 11.9 Å². The average molecular weight is 354 g/mol. The van der Waals surface area contributed by atoms with Gasteiger partial charge in [-0.1, -0.05) is 50.2 Å². The molecule has 0 aliphatic carbocycles. The summed E-state index contributed by atoms with van der Waals surface area (Å²) in [7, 11) is 0. The number of benzene rings is 2. The van der Waals surface area contributed by atoms with Crippen molar-refractivity contribution >= 4 is 11.6 Å². The number of carbonyl (C=O) groups is 1. The van der Waals surface area contributed by atoms with E-state index in [0.717, 1.165) is 37.4 Å². The van der Waals surface area contributed by atoms with Crippen LogP contribution in [-0.2, 0) is 17.9 Å². The zero-order valence-corrected chi connectivity index (χ0v) is 16.4. The van der Waals surface area contributed by atoms with Crippen LogP contribution in [0.25, 0.3) is 0 Å². The fourth-order valence-corrected chi connectivity index (χ4v) is 3.04. The molecule has 0 aromatic heterocycles. The van der Waals surface area contributed by atoms with E-state index in [0.29, 0.717) is 0 Å². The summed E-state index contributed by atoms with van der Waals surface area (Å²) >= 11 is 0. The maximum atomic E-state index is 11.2. The largest absolute Gasteiger partial charge is 0.326 e. The second kappa shape index (κ2) is 10.1. The first kappa shape index (κ1) is 20.1. The van der Waals surface area contributed by atoms with Gasteiger partial charge in [-0.05, 0) is 48.8 Å². The van der Waals surface area contributed by atoms with E-state index >= 15 is 0 Å². The van der Waals surface area contributed by atoms with Gasteiger partial charge < -0.3 is 10.6 Å². The third kappa shape index (κ3) is 5.97. The molecule has 1 amide bonds.